The van der Waals surface area contributed by atoms with Crippen LogP contribution in [-0.2, 0) is 0 Å². The topological polar surface area (TPSA) is 119 Å². The zero-order chi connectivity index (χ0) is 19.5. The first-order valence-electron chi connectivity index (χ1n) is 9.55. The lowest BCUT2D eigenvalue weighted by atomic mass is 9.91. The van der Waals surface area contributed by atoms with Gasteiger partial charge in [-0.05, 0) is 31.0 Å². The van der Waals surface area contributed by atoms with Crippen molar-refractivity contribution >= 4 is 34.1 Å². The minimum Gasteiger partial charge on any atom is -0.366 e. The Bertz CT molecular complexity index is 1010. The van der Waals surface area contributed by atoms with Crippen LogP contribution in [0.3, 0.4) is 0 Å². The molecule has 0 saturated heterocycles. The fourth-order valence-electron chi connectivity index (χ4n) is 3.64. The van der Waals surface area contributed by atoms with E-state index in [0.717, 1.165) is 36.6 Å². The van der Waals surface area contributed by atoms with Crippen LogP contribution in [0.2, 0.25) is 0 Å². The second-order valence-electron chi connectivity index (χ2n) is 7.19. The number of pyridine rings is 2. The minimum absolute atomic E-state index is 0.102. The van der Waals surface area contributed by atoms with Gasteiger partial charge in [0.25, 0.3) is 5.91 Å². The first kappa shape index (κ1) is 18.2. The standard InChI is InChI=1S/C21H24N6O/c22-15-6-2-4-8-17(15)26-20-11-18(14(12-24-20)21(23)28)27-19-10-9-13-5-1-3-7-16(13)25-19/h1,3,5,7,9-12,15,17H,2,4,6,8,22H2,(H2,23,28)(H2,24,25,26,27)/t15-,17+/m0/s1. The summed E-state index contributed by atoms with van der Waals surface area (Å²) in [5.41, 5.74) is 13.5. The average molecular weight is 376 g/mol. The van der Waals surface area contributed by atoms with Gasteiger partial charge in [0, 0.05) is 29.7 Å². The van der Waals surface area contributed by atoms with Crippen LogP contribution in [0.1, 0.15) is 36.0 Å². The number of benzene rings is 1. The van der Waals surface area contributed by atoms with Crippen LogP contribution in [-0.4, -0.2) is 28.0 Å². The van der Waals surface area contributed by atoms with Crippen LogP contribution in [0.25, 0.3) is 10.9 Å². The lowest BCUT2D eigenvalue weighted by Gasteiger charge is -2.29. The molecule has 0 unspecified atom stereocenters. The highest BCUT2D eigenvalue weighted by molar-refractivity contribution is 5.99. The average Bonchev–Trinajstić information content (AvgIpc) is 2.70. The summed E-state index contributed by atoms with van der Waals surface area (Å²) in [4.78, 5) is 20.8. The number of carbonyl (C=O) groups is 1. The molecular formula is C21H24N6O. The summed E-state index contributed by atoms with van der Waals surface area (Å²) < 4.78 is 0. The Morgan fingerprint density at radius 2 is 1.89 bits per heavy atom. The number of hydrogen-bond acceptors (Lipinski definition) is 6. The highest BCUT2D eigenvalue weighted by Crippen LogP contribution is 2.26. The molecule has 3 aromatic rings. The minimum atomic E-state index is -0.545. The molecule has 1 saturated carbocycles. The molecule has 144 valence electrons. The van der Waals surface area contributed by atoms with Crippen molar-refractivity contribution in [3.8, 4) is 0 Å². The third kappa shape index (κ3) is 3.89. The van der Waals surface area contributed by atoms with Gasteiger partial charge in [0.15, 0.2) is 0 Å². The summed E-state index contributed by atoms with van der Waals surface area (Å²) in [6, 6.07) is 13.8. The Labute approximate surface area is 163 Å². The van der Waals surface area contributed by atoms with Crippen molar-refractivity contribution in [3.05, 3.63) is 54.2 Å². The number of hydrogen-bond donors (Lipinski definition) is 4. The molecule has 28 heavy (non-hydrogen) atoms. The molecule has 6 N–H and O–H groups in total. The summed E-state index contributed by atoms with van der Waals surface area (Å²) in [6.07, 6.45) is 5.81. The Kier molecular flexibility index (Phi) is 5.08. The van der Waals surface area contributed by atoms with E-state index in [0.29, 0.717) is 22.9 Å². The van der Waals surface area contributed by atoms with Crippen molar-refractivity contribution in [1.29, 1.82) is 0 Å². The molecule has 1 fully saturated rings. The number of anilines is 3. The monoisotopic (exact) mass is 376 g/mol. The van der Waals surface area contributed by atoms with Crippen molar-refractivity contribution in [2.24, 2.45) is 11.5 Å². The number of aromatic nitrogens is 2. The number of primary amides is 1. The number of carbonyl (C=O) groups excluding carboxylic acids is 1. The van der Waals surface area contributed by atoms with Gasteiger partial charge >= 0.3 is 0 Å². The number of nitrogens with two attached hydrogens (primary N) is 2. The fourth-order valence-corrected chi connectivity index (χ4v) is 3.64. The number of para-hydroxylation sites is 1. The molecule has 1 aromatic carbocycles. The fraction of sp³-hybridized carbons (Fsp3) is 0.286. The summed E-state index contributed by atoms with van der Waals surface area (Å²) in [6.45, 7) is 0. The van der Waals surface area contributed by atoms with Gasteiger partial charge in [0.2, 0.25) is 0 Å². The Morgan fingerprint density at radius 1 is 1.07 bits per heavy atom. The number of rotatable bonds is 5. The first-order chi connectivity index (χ1) is 13.6. The van der Waals surface area contributed by atoms with E-state index in [4.69, 9.17) is 11.5 Å². The molecule has 7 nitrogen and oxygen atoms in total. The maximum atomic E-state index is 11.9. The number of nitrogens with zero attached hydrogens (tertiary/aromatic N) is 2. The molecule has 0 aliphatic heterocycles. The highest BCUT2D eigenvalue weighted by atomic mass is 16.1. The van der Waals surface area contributed by atoms with Gasteiger partial charge in [-0.15, -0.1) is 0 Å². The van der Waals surface area contributed by atoms with E-state index in [2.05, 4.69) is 20.6 Å². The van der Waals surface area contributed by atoms with E-state index in [1.165, 1.54) is 6.20 Å². The van der Waals surface area contributed by atoms with E-state index >= 15 is 0 Å². The van der Waals surface area contributed by atoms with Gasteiger partial charge < -0.3 is 22.1 Å². The maximum absolute atomic E-state index is 11.9. The van der Waals surface area contributed by atoms with Gasteiger partial charge in [-0.2, -0.15) is 0 Å². The second kappa shape index (κ2) is 7.82. The van der Waals surface area contributed by atoms with Crippen LogP contribution in [0.15, 0.2) is 48.7 Å². The van der Waals surface area contributed by atoms with Gasteiger partial charge in [-0.25, -0.2) is 9.97 Å². The molecule has 7 heteroatoms. The van der Waals surface area contributed by atoms with Crippen molar-refractivity contribution in [2.75, 3.05) is 10.6 Å². The van der Waals surface area contributed by atoms with Crippen molar-refractivity contribution in [3.63, 3.8) is 0 Å². The first-order valence-corrected chi connectivity index (χ1v) is 9.55. The molecule has 2 atom stereocenters. The predicted octanol–water partition coefficient (Wildman–Crippen LogP) is 3.15. The molecule has 1 aliphatic rings. The SMILES string of the molecule is NC(=O)c1cnc(N[C@@H]2CCCC[C@@H]2N)cc1Nc1ccc2ccccc2n1. The van der Waals surface area contributed by atoms with Gasteiger partial charge in [-0.3, -0.25) is 4.79 Å². The Hall–Kier alpha value is -3.19. The molecule has 4 rings (SSSR count). The number of fused-ring (bicyclic) bond motifs is 1. The van der Waals surface area contributed by atoms with Crippen LogP contribution in [0.5, 0.6) is 0 Å². The van der Waals surface area contributed by atoms with E-state index in [-0.39, 0.29) is 12.1 Å². The van der Waals surface area contributed by atoms with Crippen LogP contribution in [0.4, 0.5) is 17.3 Å². The van der Waals surface area contributed by atoms with E-state index in [9.17, 15) is 4.79 Å². The molecule has 0 radical (unpaired) electrons. The molecular weight excluding hydrogens is 352 g/mol. The molecule has 0 bridgehead atoms. The van der Waals surface area contributed by atoms with Crippen molar-refractivity contribution in [2.45, 2.75) is 37.8 Å². The normalized spacial score (nSPS) is 19.3. The Balaban J connectivity index is 1.62. The van der Waals surface area contributed by atoms with Gasteiger partial charge in [0.1, 0.15) is 11.6 Å². The van der Waals surface area contributed by atoms with E-state index in [1.54, 1.807) is 6.07 Å². The number of nitrogens with one attached hydrogen (secondary N) is 2. The second-order valence-corrected chi connectivity index (χ2v) is 7.19. The van der Waals surface area contributed by atoms with Crippen LogP contribution in [0, 0.1) is 0 Å². The molecule has 1 amide bonds. The van der Waals surface area contributed by atoms with Crippen molar-refractivity contribution < 1.29 is 4.79 Å². The molecule has 2 heterocycles. The van der Waals surface area contributed by atoms with Gasteiger partial charge in [-0.1, -0.05) is 31.0 Å². The maximum Gasteiger partial charge on any atom is 0.252 e. The number of amides is 1. The van der Waals surface area contributed by atoms with Crippen molar-refractivity contribution in [1.82, 2.24) is 9.97 Å². The summed E-state index contributed by atoms with van der Waals surface area (Å²) in [5, 5.41) is 7.66. The van der Waals surface area contributed by atoms with Gasteiger partial charge in [0.05, 0.1) is 16.8 Å². The predicted molar refractivity (Wildman–Crippen MR) is 112 cm³/mol. The largest absolute Gasteiger partial charge is 0.366 e. The summed E-state index contributed by atoms with van der Waals surface area (Å²) in [7, 11) is 0. The molecule has 0 spiro atoms. The third-order valence-electron chi connectivity index (χ3n) is 5.18. The summed E-state index contributed by atoms with van der Waals surface area (Å²) in [5.74, 6) is 0.750. The zero-order valence-corrected chi connectivity index (χ0v) is 15.6. The third-order valence-corrected chi connectivity index (χ3v) is 5.18. The van der Waals surface area contributed by atoms with E-state index < -0.39 is 5.91 Å². The van der Waals surface area contributed by atoms with Crippen LogP contribution < -0.4 is 22.1 Å². The van der Waals surface area contributed by atoms with E-state index in [1.807, 2.05) is 36.4 Å². The Morgan fingerprint density at radius 3 is 2.71 bits per heavy atom. The zero-order valence-electron chi connectivity index (χ0n) is 15.6. The lowest BCUT2D eigenvalue weighted by molar-refractivity contribution is 0.100. The molecule has 1 aliphatic carbocycles. The quantitative estimate of drug-likeness (QED) is 0.543. The summed E-state index contributed by atoms with van der Waals surface area (Å²) >= 11 is 0. The van der Waals surface area contributed by atoms with Crippen LogP contribution >= 0.6 is 0 Å². The highest BCUT2D eigenvalue weighted by Gasteiger charge is 2.22. The smallest absolute Gasteiger partial charge is 0.252 e. The lowest BCUT2D eigenvalue weighted by Crippen LogP contribution is -2.42. The molecule has 2 aromatic heterocycles.